The maximum Gasteiger partial charge on any atom is 0.410 e. The van der Waals surface area contributed by atoms with Gasteiger partial charge in [-0.3, -0.25) is 16.2 Å². The number of carbonyl (C=O) groups excluding carboxylic acids is 1. The highest BCUT2D eigenvalue weighted by atomic mass is 16.7. The van der Waals surface area contributed by atoms with Crippen molar-refractivity contribution in [1.82, 2.24) is 26.1 Å². The minimum absolute atomic E-state index is 0.191. The van der Waals surface area contributed by atoms with Gasteiger partial charge in [0.15, 0.2) is 6.23 Å². The number of ether oxygens (including phenoxy) is 2. The second kappa shape index (κ2) is 8.47. The largest absolute Gasteiger partial charge is 0.444 e. The SMILES string of the molecule is CC(C)(C)OC(=O)N1CCC(C2=NC(C3CCC4CNN(C5COC5)C4N3)ON2)CC1. The summed E-state index contributed by atoms with van der Waals surface area (Å²) in [5.74, 6) is 1.83. The van der Waals surface area contributed by atoms with E-state index in [4.69, 9.17) is 19.3 Å². The Hall–Kier alpha value is -1.46. The van der Waals surface area contributed by atoms with Crippen molar-refractivity contribution in [2.24, 2.45) is 16.8 Å². The summed E-state index contributed by atoms with van der Waals surface area (Å²) < 4.78 is 10.9. The van der Waals surface area contributed by atoms with Gasteiger partial charge in [0.25, 0.3) is 0 Å². The molecule has 0 bridgehead atoms. The van der Waals surface area contributed by atoms with E-state index in [1.165, 1.54) is 6.42 Å². The molecule has 10 nitrogen and oxygen atoms in total. The van der Waals surface area contributed by atoms with Crippen molar-refractivity contribution >= 4 is 11.9 Å². The van der Waals surface area contributed by atoms with Crippen LogP contribution in [0.1, 0.15) is 46.5 Å². The molecule has 5 aliphatic heterocycles. The minimum atomic E-state index is -0.464. The molecule has 0 radical (unpaired) electrons. The predicted octanol–water partition coefficient (Wildman–Crippen LogP) is 0.806. The highest BCUT2D eigenvalue weighted by Gasteiger charge is 2.46. The number of likely N-dealkylation sites (tertiary alicyclic amines) is 1. The number of nitrogens with one attached hydrogen (secondary N) is 3. The van der Waals surface area contributed by atoms with Crippen LogP contribution in [-0.4, -0.2) is 84.8 Å². The quantitative estimate of drug-likeness (QED) is 0.598. The van der Waals surface area contributed by atoms with Gasteiger partial charge in [-0.25, -0.2) is 19.6 Å². The van der Waals surface area contributed by atoms with E-state index in [9.17, 15) is 4.79 Å². The fourth-order valence-electron chi connectivity index (χ4n) is 5.13. The van der Waals surface area contributed by atoms with Crippen molar-refractivity contribution < 1.29 is 19.1 Å². The molecule has 0 aromatic heterocycles. The van der Waals surface area contributed by atoms with E-state index >= 15 is 0 Å². The molecule has 3 N–H and O–H groups in total. The molecule has 0 spiro atoms. The van der Waals surface area contributed by atoms with Crippen LogP contribution >= 0.6 is 0 Å². The van der Waals surface area contributed by atoms with E-state index in [0.29, 0.717) is 31.2 Å². The lowest BCUT2D eigenvalue weighted by Crippen LogP contribution is -2.63. The fraction of sp³-hybridized carbons (Fsp3) is 0.905. The number of nitrogens with zero attached hydrogens (tertiary/aromatic N) is 3. The van der Waals surface area contributed by atoms with Crippen LogP contribution in [0.5, 0.6) is 0 Å². The summed E-state index contributed by atoms with van der Waals surface area (Å²) in [6.45, 7) is 9.68. The van der Waals surface area contributed by atoms with Gasteiger partial charge in [0, 0.05) is 31.5 Å². The number of hydrogen-bond donors (Lipinski definition) is 3. The van der Waals surface area contributed by atoms with Crippen molar-refractivity contribution in [3.05, 3.63) is 0 Å². The van der Waals surface area contributed by atoms with Gasteiger partial charge in [0.05, 0.1) is 31.5 Å². The molecule has 5 rings (SSSR count). The van der Waals surface area contributed by atoms with Gasteiger partial charge in [-0.15, -0.1) is 0 Å². The molecule has 0 aromatic rings. The van der Waals surface area contributed by atoms with Crippen molar-refractivity contribution in [2.75, 3.05) is 32.8 Å². The van der Waals surface area contributed by atoms with Gasteiger partial charge in [-0.2, -0.15) is 0 Å². The number of hydrazine groups is 1. The van der Waals surface area contributed by atoms with E-state index in [1.807, 2.05) is 20.8 Å². The topological polar surface area (TPSA) is 99.7 Å². The molecular weight excluding hydrogens is 400 g/mol. The molecule has 4 atom stereocenters. The van der Waals surface area contributed by atoms with Crippen LogP contribution in [0.4, 0.5) is 4.79 Å². The summed E-state index contributed by atoms with van der Waals surface area (Å²) in [5, 5.41) is 6.14. The zero-order chi connectivity index (χ0) is 21.6. The maximum absolute atomic E-state index is 12.3. The maximum atomic E-state index is 12.3. The van der Waals surface area contributed by atoms with E-state index in [2.05, 4.69) is 21.2 Å². The first kappa shape index (κ1) is 21.4. The van der Waals surface area contributed by atoms with Gasteiger partial charge in [-0.1, -0.05) is 0 Å². The summed E-state index contributed by atoms with van der Waals surface area (Å²) in [5.41, 5.74) is 6.19. The minimum Gasteiger partial charge on any atom is -0.444 e. The third kappa shape index (κ3) is 4.54. The average Bonchev–Trinajstić information content (AvgIpc) is 3.33. The molecular formula is C21H36N6O4. The van der Waals surface area contributed by atoms with Crippen LogP contribution in [0.3, 0.4) is 0 Å². The lowest BCUT2D eigenvalue weighted by atomic mass is 9.91. The Bertz CT molecular complexity index is 700. The van der Waals surface area contributed by atoms with E-state index in [0.717, 1.165) is 44.9 Å². The highest BCUT2D eigenvalue weighted by Crippen LogP contribution is 2.31. The molecule has 0 saturated carbocycles. The molecule has 4 saturated heterocycles. The third-order valence-electron chi connectivity index (χ3n) is 6.96. The second-order valence-electron chi connectivity index (χ2n) is 10.4. The Balaban J connectivity index is 1.14. The van der Waals surface area contributed by atoms with Crippen molar-refractivity contribution in [2.45, 2.75) is 76.5 Å². The lowest BCUT2D eigenvalue weighted by Gasteiger charge is -2.42. The zero-order valence-electron chi connectivity index (χ0n) is 18.8. The summed E-state index contributed by atoms with van der Waals surface area (Å²) >= 11 is 0. The van der Waals surface area contributed by atoms with Crippen LogP contribution in [0, 0.1) is 11.8 Å². The van der Waals surface area contributed by atoms with Gasteiger partial charge in [-0.05, 0) is 46.5 Å². The molecule has 174 valence electrons. The zero-order valence-corrected chi connectivity index (χ0v) is 18.8. The third-order valence-corrected chi connectivity index (χ3v) is 6.96. The number of piperidine rings is 2. The molecule has 10 heteroatoms. The van der Waals surface area contributed by atoms with Gasteiger partial charge in [0.2, 0.25) is 0 Å². The normalized spacial score (nSPS) is 35.3. The molecule has 5 aliphatic rings. The van der Waals surface area contributed by atoms with Crippen LogP contribution in [0.2, 0.25) is 0 Å². The Morgan fingerprint density at radius 3 is 2.61 bits per heavy atom. The van der Waals surface area contributed by atoms with Gasteiger partial charge in [0.1, 0.15) is 11.4 Å². The lowest BCUT2D eigenvalue weighted by molar-refractivity contribution is -0.102. The molecule has 5 heterocycles. The first-order chi connectivity index (χ1) is 14.9. The predicted molar refractivity (Wildman–Crippen MR) is 114 cm³/mol. The number of aliphatic imine (C=N–C) groups is 1. The smallest absolute Gasteiger partial charge is 0.410 e. The standard InChI is InChI=1S/C21H36N6O4/c1-21(2,3)30-20(28)26-8-6-13(7-9-26)17-24-19(31-25-17)16-5-4-14-10-22-27(18(14)23-16)15-11-29-12-15/h13-16,18-19,22-23H,4-12H2,1-3H3,(H,24,25). The van der Waals surface area contributed by atoms with Crippen molar-refractivity contribution in [1.29, 1.82) is 0 Å². The Morgan fingerprint density at radius 2 is 1.94 bits per heavy atom. The number of hydroxylamine groups is 1. The molecule has 4 fully saturated rings. The summed E-state index contributed by atoms with van der Waals surface area (Å²) in [4.78, 5) is 24.9. The van der Waals surface area contributed by atoms with Crippen LogP contribution < -0.4 is 16.2 Å². The molecule has 0 aromatic carbocycles. The van der Waals surface area contributed by atoms with E-state index < -0.39 is 5.60 Å². The van der Waals surface area contributed by atoms with Crippen LogP contribution in [0.15, 0.2) is 4.99 Å². The van der Waals surface area contributed by atoms with Crippen LogP contribution in [-0.2, 0) is 14.3 Å². The number of carbonyl (C=O) groups is 1. The highest BCUT2D eigenvalue weighted by molar-refractivity contribution is 5.85. The van der Waals surface area contributed by atoms with E-state index in [-0.39, 0.29) is 24.3 Å². The Kier molecular flexibility index (Phi) is 5.85. The van der Waals surface area contributed by atoms with E-state index in [1.54, 1.807) is 4.90 Å². The number of rotatable bonds is 3. The Labute approximate surface area is 183 Å². The van der Waals surface area contributed by atoms with Gasteiger partial charge >= 0.3 is 6.09 Å². The number of amidine groups is 1. The monoisotopic (exact) mass is 436 g/mol. The molecule has 31 heavy (non-hydrogen) atoms. The number of fused-ring (bicyclic) bond motifs is 1. The average molecular weight is 437 g/mol. The number of hydrogen-bond acceptors (Lipinski definition) is 9. The Morgan fingerprint density at radius 1 is 1.16 bits per heavy atom. The summed E-state index contributed by atoms with van der Waals surface area (Å²) in [6.07, 6.45) is 3.82. The molecule has 1 amide bonds. The molecule has 4 unspecified atom stereocenters. The van der Waals surface area contributed by atoms with Crippen molar-refractivity contribution in [3.8, 4) is 0 Å². The summed E-state index contributed by atoms with van der Waals surface area (Å²) in [6, 6.07) is 0.648. The first-order valence-electron chi connectivity index (χ1n) is 11.7. The first-order valence-corrected chi connectivity index (χ1v) is 11.7. The fourth-order valence-corrected chi connectivity index (χ4v) is 5.13. The van der Waals surface area contributed by atoms with Crippen molar-refractivity contribution in [3.63, 3.8) is 0 Å². The number of amides is 1. The molecule has 0 aliphatic carbocycles. The van der Waals surface area contributed by atoms with Crippen LogP contribution in [0.25, 0.3) is 0 Å². The second-order valence-corrected chi connectivity index (χ2v) is 10.4. The van der Waals surface area contributed by atoms with Gasteiger partial charge < -0.3 is 14.4 Å². The summed E-state index contributed by atoms with van der Waals surface area (Å²) in [7, 11) is 0.